The Hall–Kier alpha value is -4.18. The number of alkyl halides is 3. The van der Waals surface area contributed by atoms with E-state index in [2.05, 4.69) is 15.4 Å². The van der Waals surface area contributed by atoms with Crippen LogP contribution in [-0.2, 0) is 18.8 Å². The predicted octanol–water partition coefficient (Wildman–Crippen LogP) is 4.57. The van der Waals surface area contributed by atoms with E-state index in [-0.39, 0.29) is 6.61 Å². The van der Waals surface area contributed by atoms with Gasteiger partial charge in [-0.25, -0.2) is 0 Å². The van der Waals surface area contributed by atoms with Crippen LogP contribution in [0.5, 0.6) is 0 Å². The van der Waals surface area contributed by atoms with E-state index in [9.17, 15) is 23.1 Å². The summed E-state index contributed by atoms with van der Waals surface area (Å²) in [7, 11) is 1.75. The van der Waals surface area contributed by atoms with Gasteiger partial charge in [-0.1, -0.05) is 6.07 Å². The number of fused-ring (bicyclic) bond motifs is 3. The van der Waals surface area contributed by atoms with Crippen molar-refractivity contribution in [3.8, 4) is 5.69 Å². The third-order valence-corrected chi connectivity index (χ3v) is 6.20. The van der Waals surface area contributed by atoms with E-state index in [1.165, 1.54) is 12.1 Å². The molecular formula is C26H22F3N5O2. The number of carbonyl (C=O) groups excluding carboxylic acids is 1. The Morgan fingerprint density at radius 2 is 1.81 bits per heavy atom. The van der Waals surface area contributed by atoms with E-state index in [0.717, 1.165) is 17.5 Å². The number of nitrogens with one attached hydrogen (secondary N) is 1. The van der Waals surface area contributed by atoms with Gasteiger partial charge in [0.1, 0.15) is 5.54 Å². The Kier molecular flexibility index (Phi) is 5.55. The highest BCUT2D eigenvalue weighted by atomic mass is 19.4. The first-order chi connectivity index (χ1) is 17.1. The lowest BCUT2D eigenvalue weighted by atomic mass is 9.97. The van der Waals surface area contributed by atoms with Gasteiger partial charge in [-0.15, -0.1) is 0 Å². The van der Waals surface area contributed by atoms with Crippen molar-refractivity contribution in [3.63, 3.8) is 0 Å². The standard InChI is InChI=1S/C26H22F3N5O2/c1-25(15-35,22-5-3-4-12-30-22)31-24(36)16-6-11-21-19(13-16)20-14-33(2)32-23(20)34(21)18-9-7-17(8-10-18)26(27,28)29/h3-14,35H,15H2,1-2H3,(H,31,36)/t25-/m0/s1. The van der Waals surface area contributed by atoms with Crippen LogP contribution in [0.2, 0.25) is 0 Å². The van der Waals surface area contributed by atoms with Gasteiger partial charge in [0, 0.05) is 41.5 Å². The number of hydrogen-bond donors (Lipinski definition) is 2. The van der Waals surface area contributed by atoms with Gasteiger partial charge in [-0.05, 0) is 61.5 Å². The highest BCUT2D eigenvalue weighted by molar-refractivity contribution is 6.10. The first-order valence-electron chi connectivity index (χ1n) is 11.1. The van der Waals surface area contributed by atoms with E-state index in [1.807, 2.05) is 0 Å². The van der Waals surface area contributed by atoms with Crippen molar-refractivity contribution in [1.82, 2.24) is 24.6 Å². The minimum atomic E-state index is -4.43. The third-order valence-electron chi connectivity index (χ3n) is 6.20. The van der Waals surface area contributed by atoms with Crippen molar-refractivity contribution in [2.24, 2.45) is 7.05 Å². The second-order valence-electron chi connectivity index (χ2n) is 8.81. The van der Waals surface area contributed by atoms with Crippen LogP contribution < -0.4 is 5.32 Å². The zero-order valence-corrected chi connectivity index (χ0v) is 19.4. The number of nitrogens with zero attached hydrogens (tertiary/aromatic N) is 4. The summed E-state index contributed by atoms with van der Waals surface area (Å²) in [6, 6.07) is 15.2. The maximum absolute atomic E-state index is 13.2. The maximum Gasteiger partial charge on any atom is 0.416 e. The van der Waals surface area contributed by atoms with Crippen LogP contribution in [0.4, 0.5) is 13.2 Å². The largest absolute Gasteiger partial charge is 0.416 e. The van der Waals surface area contributed by atoms with E-state index in [1.54, 1.807) is 72.0 Å². The molecule has 0 saturated heterocycles. The molecule has 1 atom stereocenters. The Morgan fingerprint density at radius 3 is 2.44 bits per heavy atom. The molecule has 3 heterocycles. The molecule has 2 N–H and O–H groups in total. The molecule has 184 valence electrons. The number of aliphatic hydroxyl groups excluding tert-OH is 1. The van der Waals surface area contributed by atoms with Gasteiger partial charge < -0.3 is 10.4 Å². The molecule has 10 heteroatoms. The smallest absolute Gasteiger partial charge is 0.394 e. The lowest BCUT2D eigenvalue weighted by Gasteiger charge is -2.28. The fourth-order valence-electron chi connectivity index (χ4n) is 4.29. The van der Waals surface area contributed by atoms with Crippen molar-refractivity contribution in [2.75, 3.05) is 6.61 Å². The molecule has 0 aliphatic rings. The molecule has 0 aliphatic heterocycles. The Bertz CT molecular complexity index is 1570. The van der Waals surface area contributed by atoms with Crippen molar-refractivity contribution < 1.29 is 23.1 Å². The number of aliphatic hydroxyl groups is 1. The summed E-state index contributed by atoms with van der Waals surface area (Å²) in [6.07, 6.45) is -1.05. The molecule has 0 spiro atoms. The summed E-state index contributed by atoms with van der Waals surface area (Å²) in [5.74, 6) is -0.404. The molecule has 0 bridgehead atoms. The van der Waals surface area contributed by atoms with Gasteiger partial charge in [0.05, 0.1) is 23.4 Å². The van der Waals surface area contributed by atoms with Gasteiger partial charge in [-0.3, -0.25) is 19.0 Å². The number of benzene rings is 2. The molecule has 7 nitrogen and oxygen atoms in total. The van der Waals surface area contributed by atoms with Crippen LogP contribution in [0.3, 0.4) is 0 Å². The fraction of sp³-hybridized carbons (Fsp3) is 0.192. The molecule has 5 rings (SSSR count). The molecule has 0 unspecified atom stereocenters. The van der Waals surface area contributed by atoms with E-state index in [0.29, 0.717) is 33.5 Å². The fourth-order valence-corrected chi connectivity index (χ4v) is 4.29. The topological polar surface area (TPSA) is 85.0 Å². The second-order valence-corrected chi connectivity index (χ2v) is 8.81. The second kappa shape index (κ2) is 8.49. The monoisotopic (exact) mass is 493 g/mol. The molecular weight excluding hydrogens is 471 g/mol. The number of halogens is 3. The van der Waals surface area contributed by atoms with Gasteiger partial charge in [0.2, 0.25) is 0 Å². The Morgan fingerprint density at radius 1 is 1.06 bits per heavy atom. The van der Waals surface area contributed by atoms with Crippen LogP contribution in [0.1, 0.15) is 28.5 Å². The van der Waals surface area contributed by atoms with Crippen LogP contribution in [0, 0.1) is 0 Å². The summed E-state index contributed by atoms with van der Waals surface area (Å²) < 4.78 is 42.6. The lowest BCUT2D eigenvalue weighted by molar-refractivity contribution is -0.137. The minimum Gasteiger partial charge on any atom is -0.394 e. The third kappa shape index (κ3) is 3.99. The lowest BCUT2D eigenvalue weighted by Crippen LogP contribution is -2.46. The van der Waals surface area contributed by atoms with Crippen molar-refractivity contribution in [1.29, 1.82) is 0 Å². The number of amides is 1. The Balaban J connectivity index is 1.58. The molecule has 0 saturated carbocycles. The average molecular weight is 493 g/mol. The zero-order valence-electron chi connectivity index (χ0n) is 19.4. The quantitative estimate of drug-likeness (QED) is 0.376. The average Bonchev–Trinajstić information content (AvgIpc) is 3.38. The van der Waals surface area contributed by atoms with Gasteiger partial charge in [0.25, 0.3) is 5.91 Å². The summed E-state index contributed by atoms with van der Waals surface area (Å²) in [5, 5.41) is 18.8. The van der Waals surface area contributed by atoms with E-state index in [4.69, 9.17) is 0 Å². The predicted molar refractivity (Wildman–Crippen MR) is 129 cm³/mol. The molecule has 36 heavy (non-hydrogen) atoms. The number of pyridine rings is 1. The minimum absolute atomic E-state index is 0.352. The molecule has 1 amide bonds. The normalized spacial score (nSPS) is 13.7. The summed E-state index contributed by atoms with van der Waals surface area (Å²) >= 11 is 0. The summed E-state index contributed by atoms with van der Waals surface area (Å²) in [5.41, 5.74) is 0.806. The number of aromatic nitrogens is 4. The number of hydrogen-bond acceptors (Lipinski definition) is 4. The molecule has 0 fully saturated rings. The zero-order chi connectivity index (χ0) is 25.7. The molecule has 5 aromatic rings. The van der Waals surface area contributed by atoms with E-state index >= 15 is 0 Å². The van der Waals surface area contributed by atoms with Gasteiger partial charge in [0.15, 0.2) is 5.65 Å². The maximum atomic E-state index is 13.2. The summed E-state index contributed by atoms with van der Waals surface area (Å²) in [4.78, 5) is 17.5. The van der Waals surface area contributed by atoms with Crippen LogP contribution in [0.25, 0.3) is 27.6 Å². The first kappa shape index (κ1) is 23.6. The van der Waals surface area contributed by atoms with Crippen LogP contribution in [0.15, 0.2) is 73.1 Å². The summed E-state index contributed by atoms with van der Waals surface area (Å²) in [6.45, 7) is 1.33. The van der Waals surface area contributed by atoms with E-state index < -0.39 is 23.2 Å². The van der Waals surface area contributed by atoms with Crippen LogP contribution >= 0.6 is 0 Å². The first-order valence-corrected chi connectivity index (χ1v) is 11.1. The number of aryl methyl sites for hydroxylation is 1. The van der Waals surface area contributed by atoms with Crippen LogP contribution in [-0.4, -0.2) is 37.0 Å². The molecule has 2 aromatic carbocycles. The van der Waals surface area contributed by atoms with Crippen molar-refractivity contribution >= 4 is 27.8 Å². The van der Waals surface area contributed by atoms with Gasteiger partial charge in [-0.2, -0.15) is 18.3 Å². The molecule has 0 radical (unpaired) electrons. The van der Waals surface area contributed by atoms with Gasteiger partial charge >= 0.3 is 6.18 Å². The molecule has 0 aliphatic carbocycles. The Labute approximate surface area is 203 Å². The highest BCUT2D eigenvalue weighted by Crippen LogP contribution is 2.34. The molecule has 3 aromatic heterocycles. The SMILES string of the molecule is Cn1cc2c3cc(C(=O)N[C@@](C)(CO)c4ccccn4)ccc3n(-c3ccc(C(F)(F)F)cc3)c2n1. The highest BCUT2D eigenvalue weighted by Gasteiger charge is 2.31. The number of carbonyl (C=O) groups is 1. The van der Waals surface area contributed by atoms with Crippen molar-refractivity contribution in [2.45, 2.75) is 18.6 Å². The van der Waals surface area contributed by atoms with Crippen molar-refractivity contribution in [3.05, 3.63) is 89.9 Å². The number of rotatable bonds is 5.